The van der Waals surface area contributed by atoms with Crippen molar-refractivity contribution in [3.8, 4) is 40.2 Å². The van der Waals surface area contributed by atoms with Gasteiger partial charge in [-0.2, -0.15) is 0 Å². The number of epoxide rings is 1. The molecule has 5 atom stereocenters. The Morgan fingerprint density at radius 1 is 0.348 bits per heavy atom. The molecule has 5 saturated heterocycles. The summed E-state index contributed by atoms with van der Waals surface area (Å²) in [6.45, 7) is 28.0. The molecule has 5 unspecified atom stereocenters. The molecule has 6 aliphatic rings. The van der Waals surface area contributed by atoms with E-state index in [4.69, 9.17) is 134 Å². The fraction of sp³-hybridized carbons (Fsp3) is 0.535. The molecule has 5 heterocycles. The number of nitrogens with zero attached hydrogens (tertiary/aromatic N) is 4. The van der Waals surface area contributed by atoms with Crippen LogP contribution in [0.4, 0.5) is 9.59 Å². The number of aliphatic carboxylic acids is 1. The zero-order chi connectivity index (χ0) is 95.8. The summed E-state index contributed by atoms with van der Waals surface area (Å²) < 4.78 is 53.5. The van der Waals surface area contributed by atoms with E-state index in [-0.39, 0.29) is 56.6 Å². The van der Waals surface area contributed by atoms with Crippen LogP contribution in [0.3, 0.4) is 0 Å². The van der Waals surface area contributed by atoms with Gasteiger partial charge in [0.1, 0.15) is 115 Å². The summed E-state index contributed by atoms with van der Waals surface area (Å²) in [5.74, 6) is 5.32. The van der Waals surface area contributed by atoms with Crippen LogP contribution in [0.5, 0.6) is 40.2 Å². The Balaban J connectivity index is 0.000000216. The molecule has 33 heteroatoms. The van der Waals surface area contributed by atoms with E-state index in [1.54, 1.807) is 121 Å². The molecule has 6 fully saturated rings. The average molecular weight is 1980 g/mol. The van der Waals surface area contributed by atoms with Crippen molar-refractivity contribution in [2.24, 2.45) is 11.8 Å². The van der Waals surface area contributed by atoms with Crippen molar-refractivity contribution in [1.29, 1.82) is 0 Å². The van der Waals surface area contributed by atoms with Crippen LogP contribution >= 0.6 is 81.2 Å². The van der Waals surface area contributed by atoms with E-state index in [9.17, 15) is 39.6 Å². The molecule has 7 aromatic carbocycles. The van der Waals surface area contributed by atoms with Crippen molar-refractivity contribution >= 4 is 105 Å². The number of nitrogens with one attached hydrogen (secondary N) is 3. The van der Waals surface area contributed by atoms with E-state index in [2.05, 4.69) is 49.4 Å². The first-order chi connectivity index (χ1) is 62.9. The van der Waals surface area contributed by atoms with Gasteiger partial charge in [-0.15, -0.1) is 0 Å². The lowest BCUT2D eigenvalue weighted by Crippen LogP contribution is -2.48. The molecule has 0 radical (unpaired) electrons. The maximum absolute atomic E-state index is 12.1. The van der Waals surface area contributed by atoms with Gasteiger partial charge in [0.15, 0.2) is 13.2 Å². The summed E-state index contributed by atoms with van der Waals surface area (Å²) in [6.07, 6.45) is 11.8. The van der Waals surface area contributed by atoms with E-state index in [1.807, 2.05) is 90.1 Å². The number of hydrogen-bond acceptors (Lipinski definition) is 22. The average Bonchev–Trinajstić information content (AvgIpc) is 1.78. The summed E-state index contributed by atoms with van der Waals surface area (Å²) in [6, 6.07) is 49.9. The highest BCUT2D eigenvalue weighted by atomic mass is 35.5. The molecular formula is C99H136Cl7N7O19. The molecule has 8 N–H and O–H groups in total. The number of aliphatic hydroxyl groups excluding tert-OH is 4. The minimum absolute atomic E-state index is 0.0252. The maximum atomic E-state index is 12.1. The number of carbonyl (C=O) groups excluding carboxylic acids is 3. The zero-order valence-electron chi connectivity index (χ0n) is 77.2. The Kier molecular flexibility index (Phi) is 51.2. The second kappa shape index (κ2) is 60.7. The number of carboxylic acid groups (broad SMARTS) is 1. The molecule has 1 aliphatic carbocycles. The Labute approximate surface area is 814 Å². The van der Waals surface area contributed by atoms with Crippen LogP contribution in [0.15, 0.2) is 170 Å². The fourth-order valence-corrected chi connectivity index (χ4v) is 14.9. The first-order valence-corrected chi connectivity index (χ1v) is 48.0. The van der Waals surface area contributed by atoms with Crippen LogP contribution in [-0.4, -0.2) is 260 Å². The Morgan fingerprint density at radius 3 is 0.841 bits per heavy atom. The zero-order valence-corrected chi connectivity index (χ0v) is 82.5. The highest BCUT2D eigenvalue weighted by Crippen LogP contribution is 2.27. The number of rotatable bonds is 32. The second-order valence-corrected chi connectivity index (χ2v) is 38.6. The van der Waals surface area contributed by atoms with Gasteiger partial charge in [-0.3, -0.25) is 4.79 Å². The molecule has 7 aromatic rings. The van der Waals surface area contributed by atoms with E-state index < -0.39 is 41.6 Å². The third kappa shape index (κ3) is 51.8. The molecule has 0 bridgehead atoms. The van der Waals surface area contributed by atoms with Crippen molar-refractivity contribution in [2.75, 3.05) is 131 Å². The van der Waals surface area contributed by atoms with Crippen LogP contribution in [0.25, 0.3) is 0 Å². The van der Waals surface area contributed by atoms with Crippen LogP contribution in [0, 0.1) is 11.8 Å². The third-order valence-electron chi connectivity index (χ3n) is 21.3. The highest BCUT2D eigenvalue weighted by Gasteiger charge is 2.29. The number of amides is 3. The van der Waals surface area contributed by atoms with Gasteiger partial charge in [-0.25, -0.2) is 14.4 Å². The number of carbonyl (C=O) groups is 4. The number of aliphatic hydroxyl groups is 4. The van der Waals surface area contributed by atoms with Crippen molar-refractivity contribution in [3.05, 3.63) is 205 Å². The molecule has 0 spiro atoms. The van der Waals surface area contributed by atoms with Crippen LogP contribution in [0.2, 0.25) is 35.2 Å². The van der Waals surface area contributed by atoms with Gasteiger partial charge in [0.2, 0.25) is 0 Å². The van der Waals surface area contributed by atoms with Crippen molar-refractivity contribution in [1.82, 2.24) is 35.6 Å². The quantitative estimate of drug-likeness (QED) is 0.0182. The number of carboxylic acids is 1. The summed E-state index contributed by atoms with van der Waals surface area (Å²) in [5.41, 5.74) is -0.877. The predicted octanol–water partition coefficient (Wildman–Crippen LogP) is 18.8. The van der Waals surface area contributed by atoms with Gasteiger partial charge in [-0.1, -0.05) is 114 Å². The number of β-amino-alcohol motifs (C(OH)–C–C–N with tert-alkyl or cyclic N) is 4. The summed E-state index contributed by atoms with van der Waals surface area (Å²) in [7, 11) is 0. The number of benzene rings is 7. The summed E-state index contributed by atoms with van der Waals surface area (Å²) >= 11 is 40.4. The smallest absolute Gasteiger partial charge is 0.407 e. The van der Waals surface area contributed by atoms with Crippen molar-refractivity contribution in [2.45, 2.75) is 199 Å². The monoisotopic (exact) mass is 1970 g/mol. The molecule has 5 aliphatic heterocycles. The topological polar surface area (TPSA) is 314 Å². The van der Waals surface area contributed by atoms with E-state index >= 15 is 0 Å². The summed E-state index contributed by atoms with van der Waals surface area (Å²) in [5, 5.41) is 62.1. The van der Waals surface area contributed by atoms with Gasteiger partial charge < -0.3 is 108 Å². The number of hydrogen-bond donors (Lipinski definition) is 8. The minimum Gasteiger partial charge on any atom is -0.491 e. The highest BCUT2D eigenvalue weighted by molar-refractivity contribution is 6.32. The molecule has 13 rings (SSSR count). The standard InChI is InChI=1S/C22H26Cl2N2O4.C19H29ClN2O4.2C15H22ClNO2.C11H21NO2.C9H9ClO2.C8H7ClO3/c23-16-1-5-20(6-2-16)29-14-19(27)13-26-11-9-18(10-12-26)25-22(28)15-30-21-7-3-17(24)4-8-21;1-19(2,3)26-18(24)21-15-8-10-22(11-9-15)12-16(23)13-25-17-6-4-14(20)5-7-17;2*1-12-6-8-17(9-7-12)10-14(18)11-19-15-4-2-13(16)3-5-15;1-11(2,3)14-10(13)12-9-7-5-4-6-8-9;10-7-1-3-8(4-2-7)11-5-9-6-12-9;9-6-1-3-7(4-2-6)12-5-8(10)11/h1-8,18-19,27H,9-15H2,(H,25,28);4-7,15-16,23H,8-13H2,1-3H3,(H,21,24);2*2-5,12,14,18H,6-11H2,1H3;9H,4-8H2,1-3H3,(H,12,13);1-4,9H,5-6H2;1-4H,5H2,(H,10,11). The van der Waals surface area contributed by atoms with Crippen molar-refractivity contribution in [3.63, 3.8) is 0 Å². The molecule has 1 saturated carbocycles. The Morgan fingerprint density at radius 2 is 0.583 bits per heavy atom. The van der Waals surface area contributed by atoms with Gasteiger partial charge >= 0.3 is 18.2 Å². The molecule has 0 aromatic heterocycles. The summed E-state index contributed by atoms with van der Waals surface area (Å²) in [4.78, 5) is 54.4. The van der Waals surface area contributed by atoms with E-state index in [0.29, 0.717) is 111 Å². The second-order valence-electron chi connectivity index (χ2n) is 35.6. The molecule has 730 valence electrons. The number of piperidine rings is 4. The minimum atomic E-state index is -0.995. The third-order valence-corrected chi connectivity index (χ3v) is 23.0. The first-order valence-electron chi connectivity index (χ1n) is 45.4. The maximum Gasteiger partial charge on any atom is 0.407 e. The van der Waals surface area contributed by atoms with Gasteiger partial charge in [0.05, 0.1) is 6.61 Å². The molecular weight excluding hydrogens is 1840 g/mol. The number of halogens is 7. The Hall–Kier alpha value is -7.71. The Bertz CT molecular complexity index is 4250. The van der Waals surface area contributed by atoms with Crippen LogP contribution in [0.1, 0.15) is 139 Å². The largest absolute Gasteiger partial charge is 0.491 e. The SMILES string of the molecule is CC(C)(C)OC(=O)NC1CCCCC1.CC(C)(C)OC(=O)NC1CCN(CC(O)COc2ccc(Cl)cc2)CC1.CC1CCN(CC(O)COc2ccc(Cl)cc2)CC1.CC1CCN(CC(O)COc2ccc(Cl)cc2)CC1.Clc1ccc(OCC2CO2)cc1.O=C(COc1ccc(Cl)cc1)NC1CCN(CC(O)COc2ccc(Cl)cc2)CC1.O=C(O)COc1ccc(Cl)cc1. The first kappa shape index (κ1) is 111. The van der Waals surface area contributed by atoms with Crippen LogP contribution < -0.4 is 49.1 Å². The lowest BCUT2D eigenvalue weighted by atomic mass is 9.96. The predicted molar refractivity (Wildman–Crippen MR) is 522 cm³/mol. The van der Waals surface area contributed by atoms with E-state index in [1.165, 1.54) is 44.9 Å². The molecule has 132 heavy (non-hydrogen) atoms. The normalized spacial score (nSPS) is 17.4. The van der Waals surface area contributed by atoms with Crippen LogP contribution in [-0.2, 0) is 23.8 Å². The fourth-order valence-electron chi connectivity index (χ4n) is 14.0. The lowest BCUT2D eigenvalue weighted by Gasteiger charge is -2.33. The van der Waals surface area contributed by atoms with E-state index in [0.717, 1.165) is 132 Å². The lowest BCUT2D eigenvalue weighted by molar-refractivity contribution is -0.139. The number of alkyl carbamates (subject to hydrolysis) is 2. The van der Waals surface area contributed by atoms with Gasteiger partial charge in [-0.05, 0) is 314 Å². The molecule has 26 nitrogen and oxygen atoms in total. The molecule has 3 amide bonds. The van der Waals surface area contributed by atoms with Gasteiger partial charge in [0.25, 0.3) is 5.91 Å². The number of ether oxygens (including phenoxy) is 10. The van der Waals surface area contributed by atoms with Gasteiger partial charge in [0, 0.05) is 106 Å². The van der Waals surface area contributed by atoms with Crippen molar-refractivity contribution < 1.29 is 92.1 Å². The number of likely N-dealkylation sites (tertiary alicyclic amines) is 4.